The van der Waals surface area contributed by atoms with E-state index in [1.165, 1.54) is 28.1 Å². The molecule has 0 amide bonds. The standard InChI is InChI=1S/C16H17ClN2/c1-10-7-14-15(8-11(10)2)19-16(9-18-14)12-3-5-13(17)6-4-12/h3-8,16,18-19H,9H2,1-2H3/t16-/m1/s1. The van der Waals surface area contributed by atoms with Gasteiger partial charge in [-0.25, -0.2) is 0 Å². The Morgan fingerprint density at radius 2 is 1.63 bits per heavy atom. The fourth-order valence-electron chi connectivity index (χ4n) is 2.43. The van der Waals surface area contributed by atoms with Crippen molar-refractivity contribution < 1.29 is 0 Å². The minimum atomic E-state index is 0.284. The van der Waals surface area contributed by atoms with Crippen LogP contribution < -0.4 is 10.6 Å². The summed E-state index contributed by atoms with van der Waals surface area (Å²) in [6.45, 7) is 5.17. The molecule has 0 aromatic heterocycles. The van der Waals surface area contributed by atoms with Crippen molar-refractivity contribution >= 4 is 23.0 Å². The summed E-state index contributed by atoms with van der Waals surface area (Å²) in [6.07, 6.45) is 0. The highest BCUT2D eigenvalue weighted by Gasteiger charge is 2.19. The lowest BCUT2D eigenvalue weighted by Crippen LogP contribution is -2.26. The Balaban J connectivity index is 1.89. The predicted octanol–water partition coefficient (Wildman–Crippen LogP) is 4.54. The zero-order valence-electron chi connectivity index (χ0n) is 11.1. The summed E-state index contributed by atoms with van der Waals surface area (Å²) >= 11 is 5.93. The topological polar surface area (TPSA) is 24.1 Å². The molecule has 0 saturated carbocycles. The molecule has 0 radical (unpaired) electrons. The minimum absolute atomic E-state index is 0.284. The van der Waals surface area contributed by atoms with Crippen molar-refractivity contribution in [1.29, 1.82) is 0 Å². The maximum absolute atomic E-state index is 5.93. The highest BCUT2D eigenvalue weighted by atomic mass is 35.5. The third-order valence-corrected chi connectivity index (χ3v) is 3.98. The maximum Gasteiger partial charge on any atom is 0.0687 e. The molecular formula is C16H17ClN2. The zero-order valence-corrected chi connectivity index (χ0v) is 11.9. The van der Waals surface area contributed by atoms with Crippen molar-refractivity contribution in [3.05, 3.63) is 58.1 Å². The maximum atomic E-state index is 5.93. The van der Waals surface area contributed by atoms with Crippen LogP contribution in [-0.2, 0) is 0 Å². The van der Waals surface area contributed by atoms with E-state index in [-0.39, 0.29) is 6.04 Å². The van der Waals surface area contributed by atoms with Gasteiger partial charge in [0.25, 0.3) is 0 Å². The van der Waals surface area contributed by atoms with E-state index in [1.807, 2.05) is 12.1 Å². The molecule has 2 N–H and O–H groups in total. The second-order valence-corrected chi connectivity index (χ2v) is 5.55. The van der Waals surface area contributed by atoms with E-state index in [2.05, 4.69) is 48.7 Å². The van der Waals surface area contributed by atoms with Crippen molar-refractivity contribution in [1.82, 2.24) is 0 Å². The lowest BCUT2D eigenvalue weighted by Gasteiger charge is -2.29. The van der Waals surface area contributed by atoms with Crippen LogP contribution in [0.25, 0.3) is 0 Å². The highest BCUT2D eigenvalue weighted by Crippen LogP contribution is 2.33. The number of nitrogens with one attached hydrogen (secondary N) is 2. The second-order valence-electron chi connectivity index (χ2n) is 5.11. The van der Waals surface area contributed by atoms with Gasteiger partial charge in [-0.3, -0.25) is 0 Å². The van der Waals surface area contributed by atoms with Crippen LogP contribution in [0.15, 0.2) is 36.4 Å². The Bertz CT molecular complexity index is 605. The van der Waals surface area contributed by atoms with Gasteiger partial charge < -0.3 is 10.6 Å². The van der Waals surface area contributed by atoms with Crippen LogP contribution in [0.3, 0.4) is 0 Å². The van der Waals surface area contributed by atoms with E-state index in [0.29, 0.717) is 0 Å². The van der Waals surface area contributed by atoms with Crippen molar-refractivity contribution in [2.45, 2.75) is 19.9 Å². The van der Waals surface area contributed by atoms with Gasteiger partial charge in [-0.05, 0) is 54.8 Å². The number of rotatable bonds is 1. The first kappa shape index (κ1) is 12.4. The number of hydrogen-bond acceptors (Lipinski definition) is 2. The van der Waals surface area contributed by atoms with Gasteiger partial charge in [0.2, 0.25) is 0 Å². The Kier molecular flexibility index (Phi) is 3.11. The molecule has 0 bridgehead atoms. The molecule has 0 spiro atoms. The Labute approximate surface area is 118 Å². The molecule has 2 nitrogen and oxygen atoms in total. The van der Waals surface area contributed by atoms with Gasteiger partial charge in [-0.15, -0.1) is 0 Å². The smallest absolute Gasteiger partial charge is 0.0687 e. The van der Waals surface area contributed by atoms with E-state index < -0.39 is 0 Å². The zero-order chi connectivity index (χ0) is 13.4. The van der Waals surface area contributed by atoms with Gasteiger partial charge >= 0.3 is 0 Å². The van der Waals surface area contributed by atoms with E-state index in [1.54, 1.807) is 0 Å². The van der Waals surface area contributed by atoms with Crippen LogP contribution in [0.1, 0.15) is 22.7 Å². The highest BCUT2D eigenvalue weighted by molar-refractivity contribution is 6.30. The van der Waals surface area contributed by atoms with Gasteiger partial charge in [0.15, 0.2) is 0 Å². The van der Waals surface area contributed by atoms with Gasteiger partial charge in [0, 0.05) is 11.6 Å². The van der Waals surface area contributed by atoms with E-state index >= 15 is 0 Å². The largest absolute Gasteiger partial charge is 0.381 e. The summed E-state index contributed by atoms with van der Waals surface area (Å²) in [5.41, 5.74) is 6.24. The molecule has 3 rings (SSSR count). The van der Waals surface area contributed by atoms with E-state index in [9.17, 15) is 0 Å². The Morgan fingerprint density at radius 1 is 1.00 bits per heavy atom. The molecule has 3 heteroatoms. The summed E-state index contributed by atoms with van der Waals surface area (Å²) in [4.78, 5) is 0. The van der Waals surface area contributed by atoms with Crippen molar-refractivity contribution in [3.63, 3.8) is 0 Å². The second kappa shape index (κ2) is 4.78. The molecule has 1 atom stereocenters. The first-order valence-corrected chi connectivity index (χ1v) is 6.88. The first-order valence-electron chi connectivity index (χ1n) is 6.50. The molecule has 19 heavy (non-hydrogen) atoms. The minimum Gasteiger partial charge on any atom is -0.381 e. The summed E-state index contributed by atoms with van der Waals surface area (Å²) in [5.74, 6) is 0. The average Bonchev–Trinajstić information content (AvgIpc) is 2.40. The fraction of sp³-hybridized carbons (Fsp3) is 0.250. The molecule has 0 aliphatic carbocycles. The molecule has 2 aromatic carbocycles. The van der Waals surface area contributed by atoms with Gasteiger partial charge in [-0.2, -0.15) is 0 Å². The molecule has 2 aromatic rings. The summed E-state index contributed by atoms with van der Waals surface area (Å²) in [5, 5.41) is 7.87. The number of benzene rings is 2. The monoisotopic (exact) mass is 272 g/mol. The van der Waals surface area contributed by atoms with Crippen molar-refractivity contribution in [3.8, 4) is 0 Å². The summed E-state index contributed by atoms with van der Waals surface area (Å²) < 4.78 is 0. The van der Waals surface area contributed by atoms with Crippen molar-refractivity contribution in [2.75, 3.05) is 17.2 Å². The SMILES string of the molecule is Cc1cc2c(cc1C)N[C@@H](c1ccc(Cl)cc1)CN2. The first-order chi connectivity index (χ1) is 9.13. The van der Waals surface area contributed by atoms with Crippen LogP contribution in [0.2, 0.25) is 5.02 Å². The molecule has 98 valence electrons. The van der Waals surface area contributed by atoms with Crippen LogP contribution in [0, 0.1) is 13.8 Å². The van der Waals surface area contributed by atoms with E-state index in [0.717, 1.165) is 11.6 Å². The van der Waals surface area contributed by atoms with Crippen molar-refractivity contribution in [2.24, 2.45) is 0 Å². The molecule has 1 aliphatic heterocycles. The average molecular weight is 273 g/mol. The van der Waals surface area contributed by atoms with Gasteiger partial charge in [0.05, 0.1) is 17.4 Å². The van der Waals surface area contributed by atoms with E-state index in [4.69, 9.17) is 11.6 Å². The van der Waals surface area contributed by atoms with Gasteiger partial charge in [0.1, 0.15) is 0 Å². The molecule has 1 aliphatic rings. The predicted molar refractivity (Wildman–Crippen MR) is 82.2 cm³/mol. The number of anilines is 2. The quantitative estimate of drug-likeness (QED) is 0.797. The molecule has 1 heterocycles. The molecular weight excluding hydrogens is 256 g/mol. The van der Waals surface area contributed by atoms with Crippen LogP contribution in [0.4, 0.5) is 11.4 Å². The lowest BCUT2D eigenvalue weighted by molar-refractivity contribution is 0.803. The molecule has 0 saturated heterocycles. The number of halogens is 1. The number of fused-ring (bicyclic) bond motifs is 1. The van der Waals surface area contributed by atoms with Crippen LogP contribution in [0.5, 0.6) is 0 Å². The third-order valence-electron chi connectivity index (χ3n) is 3.73. The molecule has 0 unspecified atom stereocenters. The lowest BCUT2D eigenvalue weighted by atomic mass is 10.0. The van der Waals surface area contributed by atoms with Crippen LogP contribution >= 0.6 is 11.6 Å². The normalized spacial score (nSPS) is 17.3. The Morgan fingerprint density at radius 3 is 2.32 bits per heavy atom. The number of hydrogen-bond donors (Lipinski definition) is 2. The summed E-state index contributed by atoms with van der Waals surface area (Å²) in [6, 6.07) is 12.7. The van der Waals surface area contributed by atoms with Gasteiger partial charge in [-0.1, -0.05) is 23.7 Å². The Hall–Kier alpha value is -1.67. The van der Waals surface area contributed by atoms with Crippen LogP contribution in [-0.4, -0.2) is 6.54 Å². The third kappa shape index (κ3) is 2.41. The number of aryl methyl sites for hydroxylation is 2. The fourth-order valence-corrected chi connectivity index (χ4v) is 2.55. The molecule has 0 fully saturated rings. The summed E-state index contributed by atoms with van der Waals surface area (Å²) in [7, 11) is 0.